The second kappa shape index (κ2) is 10.7. The van der Waals surface area contributed by atoms with E-state index in [0.717, 1.165) is 26.1 Å². The zero-order valence-corrected chi connectivity index (χ0v) is 15.4. The van der Waals surface area contributed by atoms with Gasteiger partial charge < -0.3 is 16.0 Å². The zero-order valence-electron chi connectivity index (χ0n) is 15.4. The molecule has 1 aromatic rings. The number of nitrogens with zero attached hydrogens (tertiary/aromatic N) is 2. The Labute approximate surface area is 151 Å². The SMILES string of the molecule is CCCNC(=O)CNC(=NC)NCC1CCCN1Cc1ccccc1. The minimum Gasteiger partial charge on any atom is -0.355 e. The summed E-state index contributed by atoms with van der Waals surface area (Å²) < 4.78 is 0. The van der Waals surface area contributed by atoms with Crippen molar-refractivity contribution >= 4 is 11.9 Å². The van der Waals surface area contributed by atoms with Crippen molar-refractivity contribution in [1.29, 1.82) is 0 Å². The van der Waals surface area contributed by atoms with Crippen LogP contribution in [0, 0.1) is 0 Å². The van der Waals surface area contributed by atoms with Crippen molar-refractivity contribution in [3.8, 4) is 0 Å². The van der Waals surface area contributed by atoms with E-state index in [1.165, 1.54) is 18.4 Å². The van der Waals surface area contributed by atoms with Crippen molar-refractivity contribution in [2.24, 2.45) is 4.99 Å². The Bertz CT molecular complexity index is 546. The summed E-state index contributed by atoms with van der Waals surface area (Å²) in [5.41, 5.74) is 1.35. The predicted octanol–water partition coefficient (Wildman–Crippen LogP) is 1.34. The van der Waals surface area contributed by atoms with Gasteiger partial charge in [-0.1, -0.05) is 37.3 Å². The summed E-state index contributed by atoms with van der Waals surface area (Å²) in [6.07, 6.45) is 3.36. The molecule has 25 heavy (non-hydrogen) atoms. The fraction of sp³-hybridized carbons (Fsp3) is 0.579. The fourth-order valence-corrected chi connectivity index (χ4v) is 3.08. The van der Waals surface area contributed by atoms with Gasteiger partial charge in [0.1, 0.15) is 0 Å². The number of likely N-dealkylation sites (tertiary alicyclic amines) is 1. The first-order valence-electron chi connectivity index (χ1n) is 9.22. The Balaban J connectivity index is 1.75. The predicted molar refractivity (Wildman–Crippen MR) is 103 cm³/mol. The Morgan fingerprint density at radius 1 is 1.24 bits per heavy atom. The van der Waals surface area contributed by atoms with Crippen molar-refractivity contribution in [2.75, 3.05) is 33.2 Å². The van der Waals surface area contributed by atoms with Gasteiger partial charge >= 0.3 is 0 Å². The van der Waals surface area contributed by atoms with Gasteiger partial charge in [0.25, 0.3) is 0 Å². The molecule has 6 heteroatoms. The van der Waals surface area contributed by atoms with Crippen molar-refractivity contribution in [3.05, 3.63) is 35.9 Å². The molecule has 1 heterocycles. The van der Waals surface area contributed by atoms with E-state index in [1.54, 1.807) is 7.05 Å². The molecule has 1 aromatic carbocycles. The number of guanidine groups is 1. The van der Waals surface area contributed by atoms with E-state index in [2.05, 4.69) is 56.2 Å². The van der Waals surface area contributed by atoms with Gasteiger partial charge in [-0.25, -0.2) is 0 Å². The molecule has 0 aromatic heterocycles. The molecule has 2 rings (SSSR count). The molecule has 1 aliphatic rings. The topological polar surface area (TPSA) is 68.8 Å². The lowest BCUT2D eigenvalue weighted by molar-refractivity contribution is -0.120. The van der Waals surface area contributed by atoms with Crippen molar-refractivity contribution in [3.63, 3.8) is 0 Å². The Morgan fingerprint density at radius 3 is 2.76 bits per heavy atom. The number of carbonyl (C=O) groups excluding carboxylic acids is 1. The number of benzene rings is 1. The summed E-state index contributed by atoms with van der Waals surface area (Å²) in [6, 6.07) is 11.1. The highest BCUT2D eigenvalue weighted by Crippen LogP contribution is 2.19. The monoisotopic (exact) mass is 345 g/mol. The van der Waals surface area contributed by atoms with Crippen molar-refractivity contribution in [1.82, 2.24) is 20.9 Å². The molecule has 0 bridgehead atoms. The zero-order chi connectivity index (χ0) is 17.9. The standard InChI is InChI=1S/C19H31N5O/c1-3-11-21-18(25)14-23-19(20-2)22-13-17-10-7-12-24(17)15-16-8-5-4-6-9-16/h4-6,8-9,17H,3,7,10-15H2,1-2H3,(H,21,25)(H2,20,22,23). The molecule has 1 fully saturated rings. The van der Waals surface area contributed by atoms with Crippen LogP contribution in [0.15, 0.2) is 35.3 Å². The highest BCUT2D eigenvalue weighted by atomic mass is 16.1. The van der Waals surface area contributed by atoms with Crippen LogP contribution in [-0.2, 0) is 11.3 Å². The molecule has 0 aliphatic carbocycles. The van der Waals surface area contributed by atoms with E-state index in [-0.39, 0.29) is 12.5 Å². The van der Waals surface area contributed by atoms with Gasteiger partial charge in [0.05, 0.1) is 6.54 Å². The van der Waals surface area contributed by atoms with Gasteiger partial charge in [-0.15, -0.1) is 0 Å². The third-order valence-corrected chi connectivity index (χ3v) is 4.44. The lowest BCUT2D eigenvalue weighted by Crippen LogP contribution is -2.47. The van der Waals surface area contributed by atoms with E-state index in [9.17, 15) is 4.79 Å². The molecular weight excluding hydrogens is 314 g/mol. The smallest absolute Gasteiger partial charge is 0.239 e. The van der Waals surface area contributed by atoms with Gasteiger partial charge in [-0.05, 0) is 31.4 Å². The highest BCUT2D eigenvalue weighted by molar-refractivity contribution is 5.86. The summed E-state index contributed by atoms with van der Waals surface area (Å²) in [7, 11) is 1.73. The van der Waals surface area contributed by atoms with Crippen LogP contribution in [0.3, 0.4) is 0 Å². The number of hydrogen-bond acceptors (Lipinski definition) is 3. The number of rotatable bonds is 8. The molecule has 0 spiro atoms. The van der Waals surface area contributed by atoms with Crippen LogP contribution in [0.1, 0.15) is 31.7 Å². The van der Waals surface area contributed by atoms with Crippen molar-refractivity contribution < 1.29 is 4.79 Å². The number of amides is 1. The maximum absolute atomic E-state index is 11.7. The van der Waals surface area contributed by atoms with E-state index in [0.29, 0.717) is 18.5 Å². The van der Waals surface area contributed by atoms with Gasteiger partial charge in [0.15, 0.2) is 5.96 Å². The lowest BCUT2D eigenvalue weighted by Gasteiger charge is -2.25. The van der Waals surface area contributed by atoms with E-state index in [4.69, 9.17) is 0 Å². The molecule has 0 radical (unpaired) electrons. The first kappa shape index (κ1) is 19.2. The van der Waals surface area contributed by atoms with Gasteiger partial charge in [0.2, 0.25) is 5.91 Å². The average Bonchev–Trinajstić information content (AvgIpc) is 3.08. The molecule has 6 nitrogen and oxygen atoms in total. The van der Waals surface area contributed by atoms with Gasteiger partial charge in [-0.3, -0.25) is 14.7 Å². The number of carbonyl (C=O) groups is 1. The van der Waals surface area contributed by atoms with E-state index >= 15 is 0 Å². The quantitative estimate of drug-likeness (QED) is 0.491. The molecule has 138 valence electrons. The van der Waals surface area contributed by atoms with Crippen LogP contribution in [0.25, 0.3) is 0 Å². The van der Waals surface area contributed by atoms with E-state index in [1.807, 2.05) is 6.92 Å². The maximum atomic E-state index is 11.7. The summed E-state index contributed by atoms with van der Waals surface area (Å²) >= 11 is 0. The molecule has 1 saturated heterocycles. The Kier molecular flexibility index (Phi) is 8.25. The summed E-state index contributed by atoms with van der Waals surface area (Å²) in [5, 5.41) is 9.28. The highest BCUT2D eigenvalue weighted by Gasteiger charge is 2.24. The minimum absolute atomic E-state index is 0.00336. The number of nitrogens with one attached hydrogen (secondary N) is 3. The Morgan fingerprint density at radius 2 is 2.04 bits per heavy atom. The van der Waals surface area contributed by atoms with Gasteiger partial charge in [0, 0.05) is 32.7 Å². The first-order chi connectivity index (χ1) is 12.2. The largest absolute Gasteiger partial charge is 0.355 e. The average molecular weight is 345 g/mol. The third-order valence-electron chi connectivity index (χ3n) is 4.44. The second-order valence-electron chi connectivity index (χ2n) is 6.41. The Hall–Kier alpha value is -2.08. The molecule has 1 unspecified atom stereocenters. The van der Waals surface area contributed by atoms with Crippen LogP contribution in [0.5, 0.6) is 0 Å². The van der Waals surface area contributed by atoms with Crippen LogP contribution >= 0.6 is 0 Å². The van der Waals surface area contributed by atoms with E-state index < -0.39 is 0 Å². The number of hydrogen-bond donors (Lipinski definition) is 3. The lowest BCUT2D eigenvalue weighted by atomic mass is 10.2. The minimum atomic E-state index is -0.00336. The summed E-state index contributed by atoms with van der Waals surface area (Å²) in [6.45, 7) is 5.95. The fourth-order valence-electron chi connectivity index (χ4n) is 3.08. The van der Waals surface area contributed by atoms with Crippen LogP contribution in [0.2, 0.25) is 0 Å². The molecule has 0 saturated carbocycles. The van der Waals surface area contributed by atoms with Gasteiger partial charge in [-0.2, -0.15) is 0 Å². The van der Waals surface area contributed by atoms with Crippen LogP contribution in [0.4, 0.5) is 0 Å². The summed E-state index contributed by atoms with van der Waals surface area (Å²) in [5.74, 6) is 0.676. The normalized spacial score (nSPS) is 18.2. The van der Waals surface area contributed by atoms with Crippen LogP contribution in [-0.4, -0.2) is 56.0 Å². The van der Waals surface area contributed by atoms with Crippen molar-refractivity contribution in [2.45, 2.75) is 38.8 Å². The molecular formula is C19H31N5O. The molecule has 1 aliphatic heterocycles. The maximum Gasteiger partial charge on any atom is 0.239 e. The molecule has 3 N–H and O–H groups in total. The first-order valence-corrected chi connectivity index (χ1v) is 9.22. The number of aliphatic imine (C=N–C) groups is 1. The molecule has 1 amide bonds. The second-order valence-corrected chi connectivity index (χ2v) is 6.41. The molecule has 1 atom stereocenters. The van der Waals surface area contributed by atoms with Crippen LogP contribution < -0.4 is 16.0 Å². The third kappa shape index (κ3) is 6.74. The summed E-state index contributed by atoms with van der Waals surface area (Å²) in [4.78, 5) is 18.4.